The summed E-state index contributed by atoms with van der Waals surface area (Å²) in [6, 6.07) is 3.24. The zero-order chi connectivity index (χ0) is 13.5. The van der Waals surface area contributed by atoms with Gasteiger partial charge < -0.3 is 10.1 Å². The SMILES string of the molecule is CC(C)=CC(=O)OCC(=O)Nc1cccnc1Cl. The largest absolute Gasteiger partial charge is 0.452 e. The van der Waals surface area contributed by atoms with E-state index in [9.17, 15) is 9.59 Å². The Hall–Kier alpha value is -1.88. The molecule has 18 heavy (non-hydrogen) atoms. The van der Waals surface area contributed by atoms with Crippen molar-refractivity contribution < 1.29 is 14.3 Å². The van der Waals surface area contributed by atoms with Crippen molar-refractivity contribution in [2.75, 3.05) is 11.9 Å². The van der Waals surface area contributed by atoms with E-state index >= 15 is 0 Å². The van der Waals surface area contributed by atoms with Crippen molar-refractivity contribution in [2.45, 2.75) is 13.8 Å². The second-order valence-electron chi connectivity index (χ2n) is 3.72. The molecular weight excluding hydrogens is 256 g/mol. The Morgan fingerprint density at radius 1 is 1.50 bits per heavy atom. The molecule has 1 aromatic heterocycles. The summed E-state index contributed by atoms with van der Waals surface area (Å²) < 4.78 is 4.74. The lowest BCUT2D eigenvalue weighted by molar-refractivity contribution is -0.142. The van der Waals surface area contributed by atoms with Gasteiger partial charge in [0.1, 0.15) is 0 Å². The molecule has 96 valence electrons. The van der Waals surface area contributed by atoms with Gasteiger partial charge in [0.05, 0.1) is 5.69 Å². The third-order valence-electron chi connectivity index (χ3n) is 1.79. The van der Waals surface area contributed by atoms with Gasteiger partial charge in [-0.05, 0) is 26.0 Å². The Bertz CT molecular complexity index is 482. The predicted octanol–water partition coefficient (Wildman–Crippen LogP) is 2.18. The molecule has 5 nitrogen and oxygen atoms in total. The molecule has 1 aromatic rings. The highest BCUT2D eigenvalue weighted by atomic mass is 35.5. The molecule has 0 aromatic carbocycles. The number of ether oxygens (including phenoxy) is 1. The number of hydrogen-bond acceptors (Lipinski definition) is 4. The Morgan fingerprint density at radius 2 is 2.22 bits per heavy atom. The quantitative estimate of drug-likeness (QED) is 0.516. The molecule has 0 saturated heterocycles. The molecule has 0 saturated carbocycles. The summed E-state index contributed by atoms with van der Waals surface area (Å²) in [4.78, 5) is 26.4. The zero-order valence-electron chi connectivity index (χ0n) is 10.1. The van der Waals surface area contributed by atoms with Crippen molar-refractivity contribution in [2.24, 2.45) is 0 Å². The number of anilines is 1. The van der Waals surface area contributed by atoms with Crippen LogP contribution in [0.3, 0.4) is 0 Å². The number of esters is 1. The molecule has 0 radical (unpaired) electrons. The Balaban J connectivity index is 2.46. The molecule has 0 aliphatic rings. The number of hydrogen-bond donors (Lipinski definition) is 1. The van der Waals surface area contributed by atoms with Gasteiger partial charge in [-0.1, -0.05) is 17.2 Å². The van der Waals surface area contributed by atoms with E-state index in [1.807, 2.05) is 0 Å². The van der Waals surface area contributed by atoms with Gasteiger partial charge in [-0.25, -0.2) is 9.78 Å². The fourth-order valence-corrected chi connectivity index (χ4v) is 1.25. The van der Waals surface area contributed by atoms with Crippen LogP contribution in [0.1, 0.15) is 13.8 Å². The normalized spacial score (nSPS) is 9.50. The third-order valence-corrected chi connectivity index (χ3v) is 2.09. The van der Waals surface area contributed by atoms with Gasteiger partial charge in [0.2, 0.25) is 0 Å². The number of halogens is 1. The average molecular weight is 269 g/mol. The highest BCUT2D eigenvalue weighted by molar-refractivity contribution is 6.32. The highest BCUT2D eigenvalue weighted by Gasteiger charge is 2.08. The maximum Gasteiger partial charge on any atom is 0.331 e. The lowest BCUT2D eigenvalue weighted by Crippen LogP contribution is -2.20. The van der Waals surface area contributed by atoms with Gasteiger partial charge in [0.15, 0.2) is 11.8 Å². The van der Waals surface area contributed by atoms with Gasteiger partial charge >= 0.3 is 5.97 Å². The first-order valence-electron chi connectivity index (χ1n) is 5.21. The van der Waals surface area contributed by atoms with Gasteiger partial charge in [-0.2, -0.15) is 0 Å². The minimum Gasteiger partial charge on any atom is -0.452 e. The summed E-state index contributed by atoms with van der Waals surface area (Å²) in [5.74, 6) is -1.03. The molecule has 1 amide bonds. The Labute approximate surface area is 110 Å². The van der Waals surface area contributed by atoms with Crippen LogP contribution in [0, 0.1) is 0 Å². The summed E-state index contributed by atoms with van der Waals surface area (Å²) in [5, 5.41) is 2.67. The zero-order valence-corrected chi connectivity index (χ0v) is 10.8. The summed E-state index contributed by atoms with van der Waals surface area (Å²) in [6.45, 7) is 3.15. The summed E-state index contributed by atoms with van der Waals surface area (Å²) >= 11 is 5.76. The second-order valence-corrected chi connectivity index (χ2v) is 4.08. The minimum atomic E-state index is -0.553. The van der Waals surface area contributed by atoms with Crippen molar-refractivity contribution in [3.63, 3.8) is 0 Å². The lowest BCUT2D eigenvalue weighted by Gasteiger charge is -2.06. The van der Waals surface area contributed by atoms with Crippen LogP contribution in [-0.2, 0) is 14.3 Å². The maximum absolute atomic E-state index is 11.5. The number of pyridine rings is 1. The molecular formula is C12H13ClN2O3. The molecule has 0 spiro atoms. The smallest absolute Gasteiger partial charge is 0.331 e. The van der Waals surface area contributed by atoms with E-state index in [-0.39, 0.29) is 11.8 Å². The first-order chi connectivity index (χ1) is 8.49. The van der Waals surface area contributed by atoms with Crippen molar-refractivity contribution >= 4 is 29.2 Å². The number of rotatable bonds is 4. The monoisotopic (exact) mass is 268 g/mol. The molecule has 1 N–H and O–H groups in total. The molecule has 0 fully saturated rings. The summed E-state index contributed by atoms with van der Waals surface area (Å²) in [5.41, 5.74) is 1.18. The van der Waals surface area contributed by atoms with Crippen molar-refractivity contribution in [1.82, 2.24) is 4.98 Å². The molecule has 0 unspecified atom stereocenters. The molecule has 6 heteroatoms. The fraction of sp³-hybridized carbons (Fsp3) is 0.250. The van der Waals surface area contributed by atoms with Crippen LogP contribution >= 0.6 is 11.6 Å². The first kappa shape index (κ1) is 14.2. The van der Waals surface area contributed by atoms with Crippen molar-refractivity contribution in [1.29, 1.82) is 0 Å². The molecule has 1 heterocycles. The van der Waals surface area contributed by atoms with E-state index in [1.165, 1.54) is 12.3 Å². The van der Waals surface area contributed by atoms with E-state index in [0.29, 0.717) is 5.69 Å². The number of allylic oxidation sites excluding steroid dienone is 1. The van der Waals surface area contributed by atoms with Gasteiger partial charge in [-0.3, -0.25) is 4.79 Å². The molecule has 0 bridgehead atoms. The Morgan fingerprint density at radius 3 is 2.83 bits per heavy atom. The van der Waals surface area contributed by atoms with Gasteiger partial charge in [0.25, 0.3) is 5.91 Å². The van der Waals surface area contributed by atoms with E-state index < -0.39 is 11.9 Å². The maximum atomic E-state index is 11.5. The lowest BCUT2D eigenvalue weighted by atomic mass is 10.3. The minimum absolute atomic E-state index is 0.182. The number of carbonyl (C=O) groups is 2. The van der Waals surface area contributed by atoms with Gasteiger partial charge in [0, 0.05) is 12.3 Å². The second kappa shape index (κ2) is 6.76. The highest BCUT2D eigenvalue weighted by Crippen LogP contribution is 2.16. The van der Waals surface area contributed by atoms with E-state index in [4.69, 9.17) is 16.3 Å². The molecule has 0 aliphatic carbocycles. The van der Waals surface area contributed by atoms with Crippen LogP contribution in [0.2, 0.25) is 5.15 Å². The number of nitrogens with one attached hydrogen (secondary N) is 1. The van der Waals surface area contributed by atoms with Crippen LogP contribution < -0.4 is 5.32 Å². The molecule has 0 aliphatic heterocycles. The van der Waals surface area contributed by atoms with E-state index in [1.54, 1.807) is 26.0 Å². The Kier molecular flexibility index (Phi) is 5.32. The van der Waals surface area contributed by atoms with Crippen LogP contribution in [0.5, 0.6) is 0 Å². The number of aromatic nitrogens is 1. The number of nitrogens with zero attached hydrogens (tertiary/aromatic N) is 1. The number of carbonyl (C=O) groups excluding carboxylic acids is 2. The topological polar surface area (TPSA) is 68.3 Å². The average Bonchev–Trinajstić information content (AvgIpc) is 2.29. The molecule has 0 atom stereocenters. The summed E-state index contributed by atoms with van der Waals surface area (Å²) in [6.07, 6.45) is 2.82. The fourth-order valence-electron chi connectivity index (χ4n) is 1.08. The van der Waals surface area contributed by atoms with Crippen LogP contribution in [0.25, 0.3) is 0 Å². The third kappa shape index (κ3) is 4.97. The van der Waals surface area contributed by atoms with Gasteiger partial charge in [-0.15, -0.1) is 0 Å². The van der Waals surface area contributed by atoms with Crippen LogP contribution in [0.4, 0.5) is 5.69 Å². The molecule has 1 rings (SSSR count). The van der Waals surface area contributed by atoms with Crippen molar-refractivity contribution in [3.8, 4) is 0 Å². The number of amides is 1. The van der Waals surface area contributed by atoms with Crippen molar-refractivity contribution in [3.05, 3.63) is 35.1 Å². The van der Waals surface area contributed by atoms with Crippen LogP contribution in [-0.4, -0.2) is 23.5 Å². The van der Waals surface area contributed by atoms with Crippen LogP contribution in [0.15, 0.2) is 30.0 Å². The van der Waals surface area contributed by atoms with E-state index in [2.05, 4.69) is 10.3 Å². The first-order valence-corrected chi connectivity index (χ1v) is 5.59. The standard InChI is InChI=1S/C12H13ClN2O3/c1-8(2)6-11(17)18-7-10(16)15-9-4-3-5-14-12(9)13/h3-6H,7H2,1-2H3,(H,15,16). The summed E-state index contributed by atoms with van der Waals surface area (Å²) in [7, 11) is 0. The van der Waals surface area contributed by atoms with E-state index in [0.717, 1.165) is 5.57 Å². The predicted molar refractivity (Wildman–Crippen MR) is 68.3 cm³/mol.